The third-order valence-electron chi connectivity index (χ3n) is 13.0. The topological polar surface area (TPSA) is 175 Å². The van der Waals surface area contributed by atoms with Gasteiger partial charge in [-0.15, -0.1) is 0 Å². The number of ether oxygens (including phenoxy) is 5. The van der Waals surface area contributed by atoms with Gasteiger partial charge in [0.05, 0.1) is 18.3 Å². The van der Waals surface area contributed by atoms with Crippen molar-refractivity contribution >= 4 is 29.2 Å². The van der Waals surface area contributed by atoms with Gasteiger partial charge in [-0.05, 0) is 95.5 Å². The predicted octanol–water partition coefficient (Wildman–Crippen LogP) is 5.46. The van der Waals surface area contributed by atoms with Gasteiger partial charge in [-0.2, -0.15) is 0 Å². The Kier molecular flexibility index (Phi) is 17.8. The number of rotatable bonds is 8. The molecule has 0 aromatic carbocycles. The second-order valence-corrected chi connectivity index (χ2v) is 17.6. The van der Waals surface area contributed by atoms with E-state index in [0.717, 1.165) is 12.0 Å². The summed E-state index contributed by atoms with van der Waals surface area (Å²) in [6.07, 6.45) is 4.42. The zero-order chi connectivity index (χ0) is 42.9. The number of aliphatic hydroxyl groups excluding tert-OH is 1. The lowest BCUT2D eigenvalue weighted by Crippen LogP contribution is -2.64. The van der Waals surface area contributed by atoms with Crippen LogP contribution in [0.4, 0.5) is 0 Å². The molecule has 2 bridgehead atoms. The Bertz CT molecular complexity index is 1510. The fourth-order valence-electron chi connectivity index (χ4n) is 9.43. The van der Waals surface area contributed by atoms with Gasteiger partial charge in [-0.3, -0.25) is 19.2 Å². The first-order valence-corrected chi connectivity index (χ1v) is 21.7. The Morgan fingerprint density at radius 1 is 0.966 bits per heavy atom. The molecule has 1 saturated carbocycles. The number of fused-ring (bicyclic) bond motifs is 3. The van der Waals surface area contributed by atoms with E-state index in [9.17, 15) is 34.2 Å². The minimum absolute atomic E-state index is 0.0305. The van der Waals surface area contributed by atoms with Crippen LogP contribution in [-0.2, 0) is 47.7 Å². The van der Waals surface area contributed by atoms with E-state index < -0.39 is 83.9 Å². The third-order valence-corrected chi connectivity index (χ3v) is 13.0. The first kappa shape index (κ1) is 47.9. The van der Waals surface area contributed by atoms with Gasteiger partial charge in [0, 0.05) is 58.0 Å². The quantitative estimate of drug-likeness (QED) is 0.180. The lowest BCUT2D eigenvalue weighted by atomic mass is 9.82. The van der Waals surface area contributed by atoms with E-state index in [2.05, 4.69) is 0 Å². The van der Waals surface area contributed by atoms with E-state index >= 15 is 0 Å². The summed E-state index contributed by atoms with van der Waals surface area (Å²) in [4.78, 5) is 70.5. The minimum Gasteiger partial charge on any atom is -0.456 e. The molecule has 3 fully saturated rings. The summed E-state index contributed by atoms with van der Waals surface area (Å²) in [6, 6.07) is -1.14. The number of ketones is 3. The monoisotopic (exact) mass is 817 g/mol. The van der Waals surface area contributed by atoms with Gasteiger partial charge in [0.25, 0.3) is 11.7 Å². The maximum Gasteiger partial charge on any atom is 0.329 e. The predicted molar refractivity (Wildman–Crippen MR) is 216 cm³/mol. The second-order valence-electron chi connectivity index (χ2n) is 17.6. The van der Waals surface area contributed by atoms with Crippen molar-refractivity contribution in [2.45, 2.75) is 174 Å². The first-order valence-electron chi connectivity index (χ1n) is 21.7. The van der Waals surface area contributed by atoms with Crippen LogP contribution in [0.3, 0.4) is 0 Å². The van der Waals surface area contributed by atoms with Crippen molar-refractivity contribution in [3.05, 3.63) is 23.3 Å². The number of aliphatic hydroxyl groups is 2. The van der Waals surface area contributed by atoms with Gasteiger partial charge in [-0.25, -0.2) is 4.79 Å². The smallest absolute Gasteiger partial charge is 0.329 e. The highest BCUT2D eigenvalue weighted by molar-refractivity contribution is 6.39. The number of methoxy groups -OCH3 is 2. The van der Waals surface area contributed by atoms with Crippen LogP contribution in [0.15, 0.2) is 23.3 Å². The summed E-state index contributed by atoms with van der Waals surface area (Å²) < 4.78 is 30.1. The number of carbonyl (C=O) groups excluding carboxylic acids is 5. The van der Waals surface area contributed by atoms with Crippen LogP contribution < -0.4 is 0 Å². The van der Waals surface area contributed by atoms with Crippen molar-refractivity contribution in [3.8, 4) is 0 Å². The Labute approximate surface area is 345 Å². The SMILES string of the molecule is CCCOC1CC(C=C(C)C2OC(=O)C3CCCCN3C(=O)C(=O)C3(O)OC(C(OC)CC(C)CC(C)=CC(CC)C(=O)CC(O)C2C)C(OC)CC3C)CCC1=O. The Hall–Kier alpha value is -2.81. The maximum absolute atomic E-state index is 14.3. The van der Waals surface area contributed by atoms with Crippen LogP contribution in [0.2, 0.25) is 0 Å². The zero-order valence-corrected chi connectivity index (χ0v) is 36.4. The van der Waals surface area contributed by atoms with E-state index in [0.29, 0.717) is 63.5 Å². The number of hydrogen-bond acceptors (Lipinski definition) is 12. The molecule has 0 spiro atoms. The number of hydrogen-bond donors (Lipinski definition) is 2. The summed E-state index contributed by atoms with van der Waals surface area (Å²) in [5.41, 5.74) is 1.63. The molecule has 13 unspecified atom stereocenters. The highest BCUT2D eigenvalue weighted by atomic mass is 16.7. The average Bonchev–Trinajstić information content (AvgIpc) is 3.20. The normalized spacial score (nSPS) is 38.4. The molecule has 0 aromatic heterocycles. The molecule has 58 heavy (non-hydrogen) atoms. The van der Waals surface area contributed by atoms with Crippen molar-refractivity contribution in [2.75, 3.05) is 27.4 Å². The number of Topliss-reactive ketones (excluding diaryl/α,β-unsaturated/α-hetero) is 3. The van der Waals surface area contributed by atoms with Gasteiger partial charge in [-0.1, -0.05) is 52.3 Å². The van der Waals surface area contributed by atoms with Crippen LogP contribution in [-0.4, -0.2) is 120 Å². The molecule has 13 heteroatoms. The van der Waals surface area contributed by atoms with Crippen LogP contribution in [0.5, 0.6) is 0 Å². The van der Waals surface area contributed by atoms with Crippen LogP contribution in [0.25, 0.3) is 0 Å². The number of esters is 1. The minimum atomic E-state index is -2.51. The molecule has 13 nitrogen and oxygen atoms in total. The first-order chi connectivity index (χ1) is 27.5. The van der Waals surface area contributed by atoms with Crippen molar-refractivity contribution < 1.29 is 57.9 Å². The lowest BCUT2D eigenvalue weighted by Gasteiger charge is -2.47. The fraction of sp³-hybridized carbons (Fsp3) is 0.800. The zero-order valence-electron chi connectivity index (χ0n) is 36.4. The second kappa shape index (κ2) is 21.6. The van der Waals surface area contributed by atoms with Gasteiger partial charge in [0.15, 0.2) is 5.78 Å². The van der Waals surface area contributed by atoms with Crippen molar-refractivity contribution in [1.82, 2.24) is 4.90 Å². The van der Waals surface area contributed by atoms with Crippen molar-refractivity contribution in [3.63, 3.8) is 0 Å². The molecule has 3 heterocycles. The van der Waals surface area contributed by atoms with E-state index in [1.807, 2.05) is 46.8 Å². The molecule has 328 valence electrons. The Morgan fingerprint density at radius 2 is 1.66 bits per heavy atom. The number of amides is 1. The number of piperidine rings is 1. The van der Waals surface area contributed by atoms with Gasteiger partial charge in [0.2, 0.25) is 5.79 Å². The van der Waals surface area contributed by atoms with Crippen molar-refractivity contribution in [1.29, 1.82) is 0 Å². The molecule has 3 aliphatic heterocycles. The van der Waals surface area contributed by atoms with E-state index in [1.54, 1.807) is 13.8 Å². The van der Waals surface area contributed by atoms with E-state index in [4.69, 9.17) is 23.7 Å². The highest BCUT2D eigenvalue weighted by Gasteiger charge is 2.56. The molecule has 0 radical (unpaired) electrons. The molecule has 4 rings (SSSR count). The van der Waals surface area contributed by atoms with Crippen LogP contribution in [0, 0.1) is 29.6 Å². The summed E-state index contributed by atoms with van der Waals surface area (Å²) in [5.74, 6) is -7.57. The van der Waals surface area contributed by atoms with Crippen LogP contribution in [0.1, 0.15) is 126 Å². The number of allylic oxidation sites excluding steroid dienone is 3. The maximum atomic E-state index is 14.3. The average molecular weight is 818 g/mol. The summed E-state index contributed by atoms with van der Waals surface area (Å²) in [6.45, 7) is 13.7. The molecule has 0 aromatic rings. The van der Waals surface area contributed by atoms with Crippen LogP contribution >= 0.6 is 0 Å². The number of nitrogens with zero attached hydrogens (tertiary/aromatic N) is 1. The molecule has 2 N–H and O–H groups in total. The molecule has 13 atom stereocenters. The van der Waals surface area contributed by atoms with Gasteiger partial charge in [0.1, 0.15) is 30.1 Å². The largest absolute Gasteiger partial charge is 0.456 e. The van der Waals surface area contributed by atoms with Gasteiger partial charge < -0.3 is 38.8 Å². The number of cyclic esters (lactones) is 1. The summed E-state index contributed by atoms with van der Waals surface area (Å²) in [7, 11) is 3.06. The Morgan fingerprint density at radius 3 is 2.31 bits per heavy atom. The summed E-state index contributed by atoms with van der Waals surface area (Å²) >= 11 is 0. The molecule has 2 saturated heterocycles. The summed E-state index contributed by atoms with van der Waals surface area (Å²) in [5, 5.41) is 23.7. The van der Waals surface area contributed by atoms with E-state index in [1.165, 1.54) is 19.1 Å². The lowest BCUT2D eigenvalue weighted by molar-refractivity contribution is -0.302. The molecule has 1 aliphatic carbocycles. The Balaban J connectivity index is 1.76. The standard InChI is InChI=1S/C45H71NO12/c1-10-18-56-37-24-31(15-16-34(37)47)22-28(5)40-30(7)35(48)25-36(49)32(11-2)20-26(3)19-27(4)21-38(54-8)41-39(55-9)23-29(6)45(53,58-41)42(50)43(51)46-17-13-12-14-33(46)44(52)57-40/h20,22,27,29-33,35,37-41,48,53H,10-19,21,23-25H2,1-9H3. The number of carbonyl (C=O) groups is 5. The molecule has 4 aliphatic rings. The third kappa shape index (κ3) is 11.5. The molecule has 1 amide bonds. The molecular weight excluding hydrogens is 746 g/mol. The van der Waals surface area contributed by atoms with Gasteiger partial charge >= 0.3 is 5.97 Å². The highest BCUT2D eigenvalue weighted by Crippen LogP contribution is 2.39. The molecular formula is C45H71NO12. The van der Waals surface area contributed by atoms with E-state index in [-0.39, 0.29) is 49.2 Å². The fourth-order valence-corrected chi connectivity index (χ4v) is 9.43. The van der Waals surface area contributed by atoms with Crippen molar-refractivity contribution in [2.24, 2.45) is 29.6 Å².